The second kappa shape index (κ2) is 6.14. The van der Waals surface area contributed by atoms with Gasteiger partial charge in [-0.05, 0) is 38.1 Å². The highest BCUT2D eigenvalue weighted by Crippen LogP contribution is 2.19. The molecule has 0 aliphatic heterocycles. The van der Waals surface area contributed by atoms with Crippen LogP contribution in [0.3, 0.4) is 0 Å². The number of nitrogens with zero attached hydrogens (tertiary/aromatic N) is 1. The lowest BCUT2D eigenvalue weighted by Crippen LogP contribution is -2.23. The molecule has 0 heterocycles. The Bertz CT molecular complexity index is 379. The molecule has 0 fully saturated rings. The largest absolute Gasteiger partial charge is 0.383 e. The van der Waals surface area contributed by atoms with Crippen LogP contribution in [0.25, 0.3) is 0 Å². The molecule has 1 atom stereocenters. The summed E-state index contributed by atoms with van der Waals surface area (Å²) < 4.78 is 0. The van der Waals surface area contributed by atoms with Crippen molar-refractivity contribution in [1.82, 2.24) is 5.32 Å². The Morgan fingerprint density at radius 2 is 2.12 bits per heavy atom. The summed E-state index contributed by atoms with van der Waals surface area (Å²) >= 11 is 0. The molecule has 3 nitrogen and oxygen atoms in total. The fourth-order valence-corrected chi connectivity index (χ4v) is 1.69. The maximum absolute atomic E-state index is 9.01. The molecule has 3 heteroatoms. The first-order valence-electron chi connectivity index (χ1n) is 5.57. The number of para-hydroxylation sites is 1. The predicted octanol–water partition coefficient (Wildman–Crippen LogP) is 2.13. The van der Waals surface area contributed by atoms with Crippen molar-refractivity contribution in [3.8, 4) is 6.07 Å². The van der Waals surface area contributed by atoms with E-state index in [-0.39, 0.29) is 0 Å². The van der Waals surface area contributed by atoms with Crippen LogP contribution in [0.4, 0.5) is 5.69 Å². The van der Waals surface area contributed by atoms with Crippen LogP contribution < -0.4 is 10.6 Å². The van der Waals surface area contributed by atoms with Crippen LogP contribution in [0.1, 0.15) is 18.1 Å². The van der Waals surface area contributed by atoms with E-state index in [9.17, 15) is 0 Å². The van der Waals surface area contributed by atoms with Crippen LogP contribution in [-0.4, -0.2) is 20.1 Å². The van der Waals surface area contributed by atoms with Crippen molar-refractivity contribution in [3.05, 3.63) is 29.3 Å². The van der Waals surface area contributed by atoms with E-state index in [1.165, 1.54) is 0 Å². The fraction of sp³-hybridized carbons (Fsp3) is 0.462. The van der Waals surface area contributed by atoms with E-state index in [0.29, 0.717) is 5.92 Å². The lowest BCUT2D eigenvalue weighted by Gasteiger charge is -2.15. The Morgan fingerprint density at radius 1 is 1.38 bits per heavy atom. The quantitative estimate of drug-likeness (QED) is 0.794. The third-order valence-corrected chi connectivity index (χ3v) is 2.57. The molecule has 0 spiro atoms. The monoisotopic (exact) mass is 217 g/mol. The standard InChI is InChI=1S/C13H19N3/c1-10(8-15-3)9-16-13-11(2)5-4-6-12(13)7-14/h4-6,10,15-16H,8-9H2,1-3H3. The van der Waals surface area contributed by atoms with Crippen LogP contribution in [0.15, 0.2) is 18.2 Å². The molecule has 0 saturated carbocycles. The minimum Gasteiger partial charge on any atom is -0.383 e. The number of nitriles is 1. The number of benzene rings is 1. The lowest BCUT2D eigenvalue weighted by atomic mass is 10.1. The minimum absolute atomic E-state index is 0.538. The first kappa shape index (κ1) is 12.5. The average molecular weight is 217 g/mol. The normalized spacial score (nSPS) is 11.9. The molecule has 1 aromatic carbocycles. The topological polar surface area (TPSA) is 47.8 Å². The molecule has 0 radical (unpaired) electrons. The smallest absolute Gasteiger partial charge is 0.101 e. The Labute approximate surface area is 97.5 Å². The van der Waals surface area contributed by atoms with Crippen molar-refractivity contribution in [3.63, 3.8) is 0 Å². The van der Waals surface area contributed by atoms with Gasteiger partial charge in [0, 0.05) is 6.54 Å². The summed E-state index contributed by atoms with van der Waals surface area (Å²) in [6.07, 6.45) is 0. The van der Waals surface area contributed by atoms with E-state index < -0.39 is 0 Å². The summed E-state index contributed by atoms with van der Waals surface area (Å²) in [6, 6.07) is 7.99. The van der Waals surface area contributed by atoms with E-state index >= 15 is 0 Å². The van der Waals surface area contributed by atoms with Crippen molar-refractivity contribution in [1.29, 1.82) is 5.26 Å². The number of rotatable bonds is 5. The van der Waals surface area contributed by atoms with Crippen molar-refractivity contribution in [2.45, 2.75) is 13.8 Å². The van der Waals surface area contributed by atoms with Gasteiger partial charge in [-0.25, -0.2) is 0 Å². The van der Waals surface area contributed by atoms with Gasteiger partial charge < -0.3 is 10.6 Å². The van der Waals surface area contributed by atoms with Crippen molar-refractivity contribution in [2.24, 2.45) is 5.92 Å². The second-order valence-corrected chi connectivity index (χ2v) is 4.15. The van der Waals surface area contributed by atoms with Crippen molar-refractivity contribution in [2.75, 3.05) is 25.5 Å². The van der Waals surface area contributed by atoms with Gasteiger partial charge in [0.05, 0.1) is 11.3 Å². The van der Waals surface area contributed by atoms with Gasteiger partial charge in [0.15, 0.2) is 0 Å². The molecule has 0 aromatic heterocycles. The van der Waals surface area contributed by atoms with E-state index in [1.54, 1.807) is 0 Å². The van der Waals surface area contributed by atoms with Gasteiger partial charge in [-0.2, -0.15) is 5.26 Å². The van der Waals surface area contributed by atoms with Crippen molar-refractivity contribution >= 4 is 5.69 Å². The SMILES string of the molecule is CNCC(C)CNc1c(C)cccc1C#N. The number of aryl methyl sites for hydroxylation is 1. The Morgan fingerprint density at radius 3 is 2.75 bits per heavy atom. The number of hydrogen-bond acceptors (Lipinski definition) is 3. The van der Waals surface area contributed by atoms with E-state index in [0.717, 1.165) is 29.9 Å². The summed E-state index contributed by atoms with van der Waals surface area (Å²) in [5.41, 5.74) is 2.81. The van der Waals surface area contributed by atoms with Gasteiger partial charge in [0.25, 0.3) is 0 Å². The van der Waals surface area contributed by atoms with Gasteiger partial charge >= 0.3 is 0 Å². The molecule has 1 aromatic rings. The fourth-order valence-electron chi connectivity index (χ4n) is 1.69. The third-order valence-electron chi connectivity index (χ3n) is 2.57. The Kier molecular flexibility index (Phi) is 4.81. The third kappa shape index (κ3) is 3.25. The highest BCUT2D eigenvalue weighted by Gasteiger charge is 2.06. The zero-order valence-corrected chi connectivity index (χ0v) is 10.2. The first-order valence-corrected chi connectivity index (χ1v) is 5.57. The highest BCUT2D eigenvalue weighted by molar-refractivity contribution is 5.62. The minimum atomic E-state index is 0.538. The second-order valence-electron chi connectivity index (χ2n) is 4.15. The summed E-state index contributed by atoms with van der Waals surface area (Å²) in [5.74, 6) is 0.538. The van der Waals surface area contributed by atoms with E-state index in [4.69, 9.17) is 5.26 Å². The van der Waals surface area contributed by atoms with Gasteiger partial charge in [-0.3, -0.25) is 0 Å². The summed E-state index contributed by atoms with van der Waals surface area (Å²) in [5, 5.41) is 15.5. The maximum Gasteiger partial charge on any atom is 0.101 e. The predicted molar refractivity (Wildman–Crippen MR) is 67.5 cm³/mol. The van der Waals surface area contributed by atoms with Crippen LogP contribution in [0.5, 0.6) is 0 Å². The molecular formula is C13H19N3. The molecule has 0 bridgehead atoms. The highest BCUT2D eigenvalue weighted by atomic mass is 14.9. The van der Waals surface area contributed by atoms with Crippen LogP contribution in [-0.2, 0) is 0 Å². The van der Waals surface area contributed by atoms with Gasteiger partial charge in [0.1, 0.15) is 6.07 Å². The average Bonchev–Trinajstić information content (AvgIpc) is 2.27. The number of hydrogen-bond donors (Lipinski definition) is 2. The summed E-state index contributed by atoms with van der Waals surface area (Å²) in [4.78, 5) is 0. The Hall–Kier alpha value is -1.53. The van der Waals surface area contributed by atoms with E-state index in [2.05, 4.69) is 23.6 Å². The molecule has 1 rings (SSSR count). The molecular weight excluding hydrogens is 198 g/mol. The van der Waals surface area contributed by atoms with Gasteiger partial charge in [-0.1, -0.05) is 19.1 Å². The van der Waals surface area contributed by atoms with Crippen molar-refractivity contribution < 1.29 is 0 Å². The zero-order chi connectivity index (χ0) is 12.0. The lowest BCUT2D eigenvalue weighted by molar-refractivity contribution is 0.569. The number of anilines is 1. The molecule has 0 saturated heterocycles. The maximum atomic E-state index is 9.01. The molecule has 0 aliphatic rings. The van der Waals surface area contributed by atoms with E-state index in [1.807, 2.05) is 32.2 Å². The zero-order valence-electron chi connectivity index (χ0n) is 10.2. The molecule has 86 valence electrons. The van der Waals surface area contributed by atoms with Crippen LogP contribution >= 0.6 is 0 Å². The van der Waals surface area contributed by atoms with Crippen LogP contribution in [0, 0.1) is 24.2 Å². The Balaban J connectivity index is 2.70. The molecule has 2 N–H and O–H groups in total. The van der Waals surface area contributed by atoms with Crippen LogP contribution in [0.2, 0.25) is 0 Å². The molecule has 16 heavy (non-hydrogen) atoms. The summed E-state index contributed by atoms with van der Waals surface area (Å²) in [7, 11) is 1.95. The molecule has 0 aliphatic carbocycles. The summed E-state index contributed by atoms with van der Waals surface area (Å²) in [6.45, 7) is 6.04. The molecule has 1 unspecified atom stereocenters. The van der Waals surface area contributed by atoms with Gasteiger partial charge in [0.2, 0.25) is 0 Å². The van der Waals surface area contributed by atoms with Gasteiger partial charge in [-0.15, -0.1) is 0 Å². The molecule has 0 amide bonds. The number of nitrogens with one attached hydrogen (secondary N) is 2. The first-order chi connectivity index (χ1) is 7.69.